The minimum absolute atomic E-state index is 0.165. The maximum atomic E-state index is 12.3. The lowest BCUT2D eigenvalue weighted by molar-refractivity contribution is 0.0929. The quantitative estimate of drug-likeness (QED) is 0.374. The minimum Gasteiger partial charge on any atom is -0.490 e. The number of carbonyl (C=O) groups excluding carboxylic acids is 1. The Morgan fingerprint density at radius 2 is 1.89 bits per heavy atom. The van der Waals surface area contributed by atoms with Crippen molar-refractivity contribution in [2.24, 2.45) is 5.10 Å². The van der Waals surface area contributed by atoms with Crippen LogP contribution >= 0.6 is 27.5 Å². The van der Waals surface area contributed by atoms with Crippen molar-refractivity contribution in [2.45, 2.75) is 13.8 Å². The molecule has 0 radical (unpaired) electrons. The van der Waals surface area contributed by atoms with E-state index < -0.39 is 5.91 Å². The Hall–Kier alpha value is -2.51. The van der Waals surface area contributed by atoms with E-state index in [1.165, 1.54) is 6.21 Å². The zero-order valence-corrected chi connectivity index (χ0v) is 17.6. The molecule has 28 heavy (non-hydrogen) atoms. The maximum absolute atomic E-state index is 12.3. The van der Waals surface area contributed by atoms with Gasteiger partial charge in [-0.05, 0) is 44.2 Å². The lowest BCUT2D eigenvalue weighted by atomic mass is 10.2. The predicted molar refractivity (Wildman–Crippen MR) is 113 cm³/mol. The summed E-state index contributed by atoms with van der Waals surface area (Å²) in [6, 6.07) is 10.5. The first-order valence-corrected chi connectivity index (χ1v) is 9.80. The van der Waals surface area contributed by atoms with Crippen LogP contribution in [0.2, 0.25) is 5.02 Å². The third kappa shape index (κ3) is 4.66. The van der Waals surface area contributed by atoms with Crippen molar-refractivity contribution >= 4 is 50.6 Å². The van der Waals surface area contributed by atoms with Crippen LogP contribution in [-0.4, -0.2) is 25.3 Å². The molecule has 1 aromatic heterocycles. The monoisotopic (exact) mass is 464 g/mol. The number of rotatable bonds is 7. The fourth-order valence-electron chi connectivity index (χ4n) is 2.53. The number of hydrogen-bond acceptors (Lipinski definition) is 5. The Morgan fingerprint density at radius 3 is 2.61 bits per heavy atom. The van der Waals surface area contributed by atoms with E-state index in [-0.39, 0.29) is 5.76 Å². The van der Waals surface area contributed by atoms with Gasteiger partial charge in [0.25, 0.3) is 0 Å². The van der Waals surface area contributed by atoms with Crippen molar-refractivity contribution in [1.82, 2.24) is 5.43 Å². The van der Waals surface area contributed by atoms with E-state index in [9.17, 15) is 4.79 Å². The zero-order chi connectivity index (χ0) is 20.1. The van der Waals surface area contributed by atoms with Crippen LogP contribution in [0.1, 0.15) is 30.0 Å². The third-order valence-corrected chi connectivity index (χ3v) is 4.56. The number of ether oxygens (including phenoxy) is 2. The molecule has 0 saturated heterocycles. The number of carbonyl (C=O) groups is 1. The van der Waals surface area contributed by atoms with E-state index in [4.69, 9.17) is 25.5 Å². The molecule has 0 aliphatic carbocycles. The summed E-state index contributed by atoms with van der Waals surface area (Å²) < 4.78 is 17.5. The molecular weight excluding hydrogens is 448 g/mol. The Kier molecular flexibility index (Phi) is 6.59. The summed E-state index contributed by atoms with van der Waals surface area (Å²) in [6.07, 6.45) is 1.44. The summed E-state index contributed by atoms with van der Waals surface area (Å²) in [7, 11) is 0. The molecule has 0 fully saturated rings. The second kappa shape index (κ2) is 9.12. The van der Waals surface area contributed by atoms with E-state index in [1.807, 2.05) is 26.0 Å². The van der Waals surface area contributed by atoms with Crippen molar-refractivity contribution in [1.29, 1.82) is 0 Å². The van der Waals surface area contributed by atoms with Crippen LogP contribution in [0.5, 0.6) is 11.5 Å². The molecular formula is C20H18BrClN2O4. The van der Waals surface area contributed by atoms with E-state index in [2.05, 4.69) is 26.5 Å². The number of hydrogen-bond donors (Lipinski definition) is 1. The molecule has 0 spiro atoms. The highest BCUT2D eigenvalue weighted by Crippen LogP contribution is 2.33. The molecule has 2 aromatic carbocycles. The Balaban J connectivity index is 1.75. The van der Waals surface area contributed by atoms with Crippen LogP contribution in [-0.2, 0) is 0 Å². The number of halogens is 2. The molecule has 0 unspecified atom stereocenters. The van der Waals surface area contributed by atoms with Crippen molar-refractivity contribution in [3.05, 3.63) is 57.2 Å². The number of furan rings is 1. The van der Waals surface area contributed by atoms with Gasteiger partial charge in [-0.2, -0.15) is 5.10 Å². The first-order chi connectivity index (χ1) is 13.5. The van der Waals surface area contributed by atoms with E-state index in [1.54, 1.807) is 24.3 Å². The van der Waals surface area contributed by atoms with Gasteiger partial charge in [-0.3, -0.25) is 4.79 Å². The molecule has 0 atom stereocenters. The molecule has 146 valence electrons. The second-order valence-corrected chi connectivity index (χ2v) is 7.00. The number of nitrogens with one attached hydrogen (secondary N) is 1. The maximum Gasteiger partial charge on any atom is 0.307 e. The molecule has 3 aromatic rings. The molecule has 0 saturated carbocycles. The molecule has 0 aliphatic rings. The highest BCUT2D eigenvalue weighted by atomic mass is 79.9. The van der Waals surface area contributed by atoms with Crippen LogP contribution in [0.15, 0.2) is 50.4 Å². The number of hydrazone groups is 1. The second-order valence-electron chi connectivity index (χ2n) is 5.68. The lowest BCUT2D eigenvalue weighted by Gasteiger charge is -2.12. The largest absolute Gasteiger partial charge is 0.490 e. The molecule has 6 nitrogen and oxygen atoms in total. The Bertz CT molecular complexity index is 1030. The standard InChI is InChI=1S/C20H18BrClN2O4/c1-3-26-17-9-13(15(22)10-18(17)27-4-2)11-23-24-20(25)19-8-12-7-14(21)5-6-16(12)28-19/h5-11H,3-4H2,1-2H3,(H,24,25)/b23-11+. The van der Waals surface area contributed by atoms with Crippen molar-refractivity contribution in [3.63, 3.8) is 0 Å². The normalized spacial score (nSPS) is 11.1. The summed E-state index contributed by atoms with van der Waals surface area (Å²) in [5.74, 6) is 0.821. The number of fused-ring (bicyclic) bond motifs is 1. The van der Waals surface area contributed by atoms with Crippen LogP contribution < -0.4 is 14.9 Å². The van der Waals surface area contributed by atoms with Crippen molar-refractivity contribution < 1.29 is 18.7 Å². The van der Waals surface area contributed by atoms with Gasteiger partial charge in [0.1, 0.15) is 5.58 Å². The Morgan fingerprint density at radius 1 is 1.18 bits per heavy atom. The van der Waals surface area contributed by atoms with E-state index in [0.29, 0.717) is 40.9 Å². The predicted octanol–water partition coefficient (Wildman–Crippen LogP) is 5.41. The first-order valence-electron chi connectivity index (χ1n) is 8.63. The van der Waals surface area contributed by atoms with Gasteiger partial charge in [0, 0.05) is 21.5 Å². The lowest BCUT2D eigenvalue weighted by Crippen LogP contribution is -2.16. The van der Waals surface area contributed by atoms with Gasteiger partial charge < -0.3 is 13.9 Å². The van der Waals surface area contributed by atoms with Gasteiger partial charge >= 0.3 is 5.91 Å². The molecule has 8 heteroatoms. The van der Waals surface area contributed by atoms with Crippen LogP contribution in [0.3, 0.4) is 0 Å². The topological polar surface area (TPSA) is 73.1 Å². The third-order valence-electron chi connectivity index (χ3n) is 3.73. The smallest absolute Gasteiger partial charge is 0.307 e. The molecule has 1 amide bonds. The van der Waals surface area contributed by atoms with Gasteiger partial charge in [0.2, 0.25) is 0 Å². The number of amides is 1. The average molecular weight is 466 g/mol. The van der Waals surface area contributed by atoms with Crippen molar-refractivity contribution in [2.75, 3.05) is 13.2 Å². The number of benzene rings is 2. The van der Waals surface area contributed by atoms with Gasteiger partial charge in [0.15, 0.2) is 17.3 Å². The van der Waals surface area contributed by atoms with Gasteiger partial charge in [-0.15, -0.1) is 0 Å². The summed E-state index contributed by atoms with van der Waals surface area (Å²) in [5.41, 5.74) is 3.64. The molecule has 0 bridgehead atoms. The molecule has 0 aliphatic heterocycles. The van der Waals surface area contributed by atoms with Gasteiger partial charge in [0.05, 0.1) is 24.5 Å². The van der Waals surface area contributed by atoms with Crippen molar-refractivity contribution in [3.8, 4) is 11.5 Å². The molecule has 3 rings (SSSR count). The van der Waals surface area contributed by atoms with Crippen LogP contribution in [0, 0.1) is 0 Å². The van der Waals surface area contributed by atoms with Crippen LogP contribution in [0.4, 0.5) is 0 Å². The number of nitrogens with zero attached hydrogens (tertiary/aromatic N) is 1. The molecule has 1 heterocycles. The first kappa shape index (κ1) is 20.2. The fourth-order valence-corrected chi connectivity index (χ4v) is 3.11. The zero-order valence-electron chi connectivity index (χ0n) is 15.3. The summed E-state index contributed by atoms with van der Waals surface area (Å²) in [4.78, 5) is 12.3. The summed E-state index contributed by atoms with van der Waals surface area (Å²) >= 11 is 9.66. The van der Waals surface area contributed by atoms with E-state index >= 15 is 0 Å². The summed E-state index contributed by atoms with van der Waals surface area (Å²) in [5, 5.41) is 5.22. The Labute approximate surface area is 175 Å². The highest BCUT2D eigenvalue weighted by molar-refractivity contribution is 9.10. The highest BCUT2D eigenvalue weighted by Gasteiger charge is 2.13. The average Bonchev–Trinajstić information content (AvgIpc) is 3.08. The van der Waals surface area contributed by atoms with E-state index in [0.717, 1.165) is 9.86 Å². The molecule has 1 N–H and O–H groups in total. The van der Waals surface area contributed by atoms with Gasteiger partial charge in [-0.25, -0.2) is 5.43 Å². The fraction of sp³-hybridized carbons (Fsp3) is 0.200. The van der Waals surface area contributed by atoms with Crippen LogP contribution in [0.25, 0.3) is 11.0 Å². The SMILES string of the molecule is CCOc1cc(Cl)c(/C=N/NC(=O)c2cc3cc(Br)ccc3o2)cc1OCC. The summed E-state index contributed by atoms with van der Waals surface area (Å²) in [6.45, 7) is 4.74. The minimum atomic E-state index is -0.462. The van der Waals surface area contributed by atoms with Gasteiger partial charge in [-0.1, -0.05) is 27.5 Å².